The number of ether oxygens (including phenoxy) is 3. The van der Waals surface area contributed by atoms with Crippen LogP contribution in [0.25, 0.3) is 0 Å². The zero-order chi connectivity index (χ0) is 18.6. The zero-order valence-corrected chi connectivity index (χ0v) is 15.1. The van der Waals surface area contributed by atoms with Crippen molar-refractivity contribution < 1.29 is 19.3 Å². The summed E-state index contributed by atoms with van der Waals surface area (Å²) in [5, 5.41) is 11.9. The van der Waals surface area contributed by atoms with Crippen LogP contribution in [-0.2, 0) is 5.60 Å². The van der Waals surface area contributed by atoms with Crippen LogP contribution in [0.15, 0.2) is 72.8 Å². The van der Waals surface area contributed by atoms with Gasteiger partial charge in [-0.3, -0.25) is 0 Å². The fourth-order valence-electron chi connectivity index (χ4n) is 3.09. The standard InChI is InChI=1S/C22H22O4/c1-24-18-12-8-16(9-13-18)22(23,17-10-14-19(25-2)15-11-17)20-6-4-5-7-21(20)26-3/h4-15,23H,1-3H3. The summed E-state index contributed by atoms with van der Waals surface area (Å²) in [5.41, 5.74) is 0.712. The van der Waals surface area contributed by atoms with E-state index in [9.17, 15) is 5.11 Å². The Bertz CT molecular complexity index is 807. The lowest BCUT2D eigenvalue weighted by atomic mass is 9.80. The van der Waals surface area contributed by atoms with E-state index in [0.717, 1.165) is 11.5 Å². The third kappa shape index (κ3) is 3.11. The molecule has 0 aromatic heterocycles. The minimum Gasteiger partial charge on any atom is -0.497 e. The first-order valence-corrected chi connectivity index (χ1v) is 8.28. The van der Waals surface area contributed by atoms with E-state index < -0.39 is 5.60 Å². The van der Waals surface area contributed by atoms with Crippen molar-refractivity contribution in [2.24, 2.45) is 0 Å². The van der Waals surface area contributed by atoms with E-state index >= 15 is 0 Å². The smallest absolute Gasteiger partial charge is 0.144 e. The number of hydrogen-bond donors (Lipinski definition) is 1. The second kappa shape index (κ2) is 7.50. The van der Waals surface area contributed by atoms with Gasteiger partial charge in [-0.25, -0.2) is 0 Å². The van der Waals surface area contributed by atoms with E-state index in [4.69, 9.17) is 14.2 Å². The summed E-state index contributed by atoms with van der Waals surface area (Å²) in [6, 6.07) is 22.2. The van der Waals surface area contributed by atoms with Crippen LogP contribution in [0.4, 0.5) is 0 Å². The molecule has 0 unspecified atom stereocenters. The Morgan fingerprint density at radius 2 is 1.08 bits per heavy atom. The van der Waals surface area contributed by atoms with Crippen molar-refractivity contribution >= 4 is 0 Å². The molecule has 0 spiro atoms. The van der Waals surface area contributed by atoms with Crippen LogP contribution in [0.2, 0.25) is 0 Å². The second-order valence-electron chi connectivity index (χ2n) is 5.87. The molecule has 3 aromatic carbocycles. The van der Waals surface area contributed by atoms with Crippen LogP contribution in [0.5, 0.6) is 17.2 Å². The molecule has 0 fully saturated rings. The minimum absolute atomic E-state index is 0.613. The topological polar surface area (TPSA) is 47.9 Å². The van der Waals surface area contributed by atoms with Crippen molar-refractivity contribution in [3.05, 3.63) is 89.5 Å². The average Bonchev–Trinajstić information content (AvgIpc) is 2.73. The number of para-hydroxylation sites is 1. The first kappa shape index (κ1) is 17.8. The van der Waals surface area contributed by atoms with E-state index in [1.54, 1.807) is 21.3 Å². The van der Waals surface area contributed by atoms with Gasteiger partial charge in [0.2, 0.25) is 0 Å². The van der Waals surface area contributed by atoms with E-state index in [0.29, 0.717) is 22.4 Å². The lowest BCUT2D eigenvalue weighted by Crippen LogP contribution is -2.29. The van der Waals surface area contributed by atoms with Crippen molar-refractivity contribution in [3.8, 4) is 17.2 Å². The Hall–Kier alpha value is -2.98. The van der Waals surface area contributed by atoms with Crippen LogP contribution >= 0.6 is 0 Å². The first-order valence-electron chi connectivity index (χ1n) is 8.28. The van der Waals surface area contributed by atoms with Crippen molar-refractivity contribution in [2.45, 2.75) is 5.60 Å². The monoisotopic (exact) mass is 350 g/mol. The van der Waals surface area contributed by atoms with Gasteiger partial charge in [-0.15, -0.1) is 0 Å². The van der Waals surface area contributed by atoms with Gasteiger partial charge in [0.25, 0.3) is 0 Å². The van der Waals surface area contributed by atoms with Gasteiger partial charge in [0, 0.05) is 5.56 Å². The lowest BCUT2D eigenvalue weighted by molar-refractivity contribution is 0.122. The summed E-state index contributed by atoms with van der Waals surface area (Å²) in [5.74, 6) is 2.07. The largest absolute Gasteiger partial charge is 0.497 e. The quantitative estimate of drug-likeness (QED) is 0.683. The van der Waals surface area contributed by atoms with Gasteiger partial charge in [-0.1, -0.05) is 42.5 Å². The molecule has 0 atom stereocenters. The van der Waals surface area contributed by atoms with Gasteiger partial charge in [0.15, 0.2) is 0 Å². The van der Waals surface area contributed by atoms with Crippen molar-refractivity contribution in [1.29, 1.82) is 0 Å². The summed E-state index contributed by atoms with van der Waals surface area (Å²) in [4.78, 5) is 0. The highest BCUT2D eigenvalue weighted by atomic mass is 16.5. The molecule has 3 rings (SSSR count). The molecule has 4 nitrogen and oxygen atoms in total. The fraction of sp³-hybridized carbons (Fsp3) is 0.182. The van der Waals surface area contributed by atoms with Crippen LogP contribution in [-0.4, -0.2) is 26.4 Å². The molecular weight excluding hydrogens is 328 g/mol. The predicted molar refractivity (Wildman–Crippen MR) is 101 cm³/mol. The van der Waals surface area contributed by atoms with Gasteiger partial charge in [-0.2, -0.15) is 0 Å². The summed E-state index contributed by atoms with van der Waals surface area (Å²) in [7, 11) is 4.83. The number of hydrogen-bond acceptors (Lipinski definition) is 4. The maximum absolute atomic E-state index is 11.9. The highest BCUT2D eigenvalue weighted by Crippen LogP contribution is 2.41. The summed E-state index contributed by atoms with van der Waals surface area (Å²) < 4.78 is 16.0. The molecule has 3 aromatic rings. The van der Waals surface area contributed by atoms with Crippen molar-refractivity contribution in [3.63, 3.8) is 0 Å². The van der Waals surface area contributed by atoms with E-state index in [1.165, 1.54) is 0 Å². The molecule has 0 bridgehead atoms. The van der Waals surface area contributed by atoms with Gasteiger partial charge in [0.1, 0.15) is 22.8 Å². The van der Waals surface area contributed by atoms with E-state index in [-0.39, 0.29) is 0 Å². The molecule has 1 N–H and O–H groups in total. The Morgan fingerprint density at radius 1 is 0.615 bits per heavy atom. The van der Waals surface area contributed by atoms with E-state index in [1.807, 2.05) is 72.8 Å². The molecule has 0 radical (unpaired) electrons. The van der Waals surface area contributed by atoms with Crippen molar-refractivity contribution in [2.75, 3.05) is 21.3 Å². The molecule has 0 aliphatic rings. The van der Waals surface area contributed by atoms with Crippen molar-refractivity contribution in [1.82, 2.24) is 0 Å². The molecule has 0 aliphatic carbocycles. The Morgan fingerprint density at radius 3 is 1.50 bits per heavy atom. The number of rotatable bonds is 6. The maximum atomic E-state index is 11.9. The SMILES string of the molecule is COc1ccc(C(O)(c2ccc(OC)cc2)c2ccccc2OC)cc1. The second-order valence-corrected chi connectivity index (χ2v) is 5.87. The first-order chi connectivity index (χ1) is 12.6. The zero-order valence-electron chi connectivity index (χ0n) is 15.1. The fourth-order valence-corrected chi connectivity index (χ4v) is 3.09. The summed E-state index contributed by atoms with van der Waals surface area (Å²) >= 11 is 0. The predicted octanol–water partition coefficient (Wildman–Crippen LogP) is 4.00. The van der Waals surface area contributed by atoms with Gasteiger partial charge in [0.05, 0.1) is 21.3 Å². The highest BCUT2D eigenvalue weighted by Gasteiger charge is 2.36. The normalized spacial score (nSPS) is 11.1. The minimum atomic E-state index is -1.38. The Labute approximate surface area is 153 Å². The Kier molecular flexibility index (Phi) is 5.14. The third-order valence-corrected chi connectivity index (χ3v) is 4.51. The van der Waals surface area contributed by atoms with E-state index in [2.05, 4.69) is 0 Å². The van der Waals surface area contributed by atoms with Crippen LogP contribution < -0.4 is 14.2 Å². The molecule has 0 saturated carbocycles. The molecule has 0 saturated heterocycles. The number of aliphatic hydroxyl groups is 1. The van der Waals surface area contributed by atoms with Crippen LogP contribution in [0.3, 0.4) is 0 Å². The molecule has 0 heterocycles. The van der Waals surface area contributed by atoms with Crippen LogP contribution in [0.1, 0.15) is 16.7 Å². The lowest BCUT2D eigenvalue weighted by Gasteiger charge is -2.31. The summed E-state index contributed by atoms with van der Waals surface area (Å²) in [6.07, 6.45) is 0. The van der Waals surface area contributed by atoms with Gasteiger partial charge in [-0.05, 0) is 41.5 Å². The molecule has 0 amide bonds. The molecule has 0 aliphatic heterocycles. The third-order valence-electron chi connectivity index (χ3n) is 4.51. The maximum Gasteiger partial charge on any atom is 0.144 e. The van der Waals surface area contributed by atoms with Gasteiger partial charge >= 0.3 is 0 Å². The average molecular weight is 350 g/mol. The molecule has 4 heteroatoms. The number of methoxy groups -OCH3 is 3. The van der Waals surface area contributed by atoms with Gasteiger partial charge < -0.3 is 19.3 Å². The number of benzene rings is 3. The highest BCUT2D eigenvalue weighted by molar-refractivity contribution is 5.53. The van der Waals surface area contributed by atoms with Crippen LogP contribution in [0, 0.1) is 0 Å². The Balaban J connectivity index is 2.22. The molecule has 26 heavy (non-hydrogen) atoms. The summed E-state index contributed by atoms with van der Waals surface area (Å²) in [6.45, 7) is 0. The molecule has 134 valence electrons. The molecular formula is C22H22O4.